The molecule has 0 aromatic rings. The number of ether oxygens (including phenoxy) is 1. The second-order valence-electron chi connectivity index (χ2n) is 2.58. The Hall–Kier alpha value is -0.230. The third kappa shape index (κ3) is 1.87. The molecule has 11 heavy (non-hydrogen) atoms. The summed E-state index contributed by atoms with van der Waals surface area (Å²) in [6.45, 7) is -0.436. The van der Waals surface area contributed by atoms with Crippen LogP contribution in [0.4, 0.5) is 4.39 Å². The zero-order chi connectivity index (χ0) is 8.43. The highest BCUT2D eigenvalue weighted by atomic mass is 19.1. The zero-order valence-corrected chi connectivity index (χ0v) is 5.85. The summed E-state index contributed by atoms with van der Waals surface area (Å²) in [7, 11) is 0. The van der Waals surface area contributed by atoms with E-state index in [4.69, 9.17) is 15.3 Å². The van der Waals surface area contributed by atoms with E-state index >= 15 is 0 Å². The predicted octanol–water partition coefficient (Wildman–Crippen LogP) is -1.21. The molecule has 1 aliphatic heterocycles. The first-order valence-electron chi connectivity index (χ1n) is 3.41. The van der Waals surface area contributed by atoms with Crippen molar-refractivity contribution in [1.29, 1.82) is 0 Å². The molecule has 0 bridgehead atoms. The molecule has 0 radical (unpaired) electrons. The molecule has 4 nitrogen and oxygen atoms in total. The molecule has 1 aliphatic rings. The summed E-state index contributed by atoms with van der Waals surface area (Å²) >= 11 is 0. The van der Waals surface area contributed by atoms with Crippen LogP contribution in [-0.2, 0) is 4.74 Å². The highest BCUT2D eigenvalue weighted by Crippen LogP contribution is 2.20. The Bertz CT molecular complexity index is 132. The molecule has 0 aromatic heterocycles. The molecule has 1 saturated heterocycles. The fourth-order valence-corrected chi connectivity index (χ4v) is 1.02. The average Bonchev–Trinajstić information content (AvgIpc) is 1.97. The standard InChI is InChI=1S/C6H11FO4/c7-6-4(10)1-3(9)5(2-8)11-6/h3-6,8-10H,1-2H2/t3-,4+,5-,6?/m1/s1. The third-order valence-corrected chi connectivity index (χ3v) is 1.70. The molecule has 1 heterocycles. The van der Waals surface area contributed by atoms with Crippen LogP contribution in [-0.4, -0.2) is 46.6 Å². The summed E-state index contributed by atoms with van der Waals surface area (Å²) in [5.74, 6) is 0. The molecule has 0 aliphatic carbocycles. The van der Waals surface area contributed by atoms with Gasteiger partial charge in [0.05, 0.1) is 12.7 Å². The molecule has 3 N–H and O–H groups in total. The maximum Gasteiger partial charge on any atom is 0.225 e. The summed E-state index contributed by atoms with van der Waals surface area (Å²) in [6, 6.07) is 0. The molecule has 0 saturated carbocycles. The third-order valence-electron chi connectivity index (χ3n) is 1.70. The summed E-state index contributed by atoms with van der Waals surface area (Å²) in [5, 5.41) is 26.4. The number of hydrogen-bond donors (Lipinski definition) is 3. The summed E-state index contributed by atoms with van der Waals surface area (Å²) < 4.78 is 16.9. The predicted molar refractivity (Wildman–Crippen MR) is 33.5 cm³/mol. The maximum atomic E-state index is 12.5. The molecule has 5 heteroatoms. The monoisotopic (exact) mass is 166 g/mol. The van der Waals surface area contributed by atoms with Crippen LogP contribution in [0.3, 0.4) is 0 Å². The Balaban J connectivity index is 2.48. The minimum atomic E-state index is -1.80. The number of halogens is 1. The fraction of sp³-hybridized carbons (Fsp3) is 1.00. The summed E-state index contributed by atoms with van der Waals surface area (Å²) in [5.41, 5.74) is 0. The number of hydrogen-bond acceptors (Lipinski definition) is 4. The van der Waals surface area contributed by atoms with Gasteiger partial charge in [0, 0.05) is 6.42 Å². The van der Waals surface area contributed by atoms with Gasteiger partial charge in [0.15, 0.2) is 0 Å². The smallest absolute Gasteiger partial charge is 0.225 e. The van der Waals surface area contributed by atoms with Crippen molar-refractivity contribution < 1.29 is 24.4 Å². The zero-order valence-electron chi connectivity index (χ0n) is 5.85. The van der Waals surface area contributed by atoms with Gasteiger partial charge in [0.1, 0.15) is 12.2 Å². The second kappa shape index (κ2) is 3.44. The molecule has 0 amide bonds. The average molecular weight is 166 g/mol. The lowest BCUT2D eigenvalue weighted by Crippen LogP contribution is -2.46. The van der Waals surface area contributed by atoms with E-state index in [9.17, 15) is 4.39 Å². The number of aliphatic hydroxyl groups is 3. The van der Waals surface area contributed by atoms with E-state index in [0.717, 1.165) is 0 Å². The van der Waals surface area contributed by atoms with Crippen LogP contribution in [0.25, 0.3) is 0 Å². The van der Waals surface area contributed by atoms with Crippen LogP contribution in [0.1, 0.15) is 6.42 Å². The van der Waals surface area contributed by atoms with Crippen LogP contribution in [0.15, 0.2) is 0 Å². The van der Waals surface area contributed by atoms with Crippen molar-refractivity contribution in [2.45, 2.75) is 31.1 Å². The minimum absolute atomic E-state index is 0.0909. The van der Waals surface area contributed by atoms with Gasteiger partial charge in [0.25, 0.3) is 0 Å². The summed E-state index contributed by atoms with van der Waals surface area (Å²) in [4.78, 5) is 0. The first-order chi connectivity index (χ1) is 5.15. The molecule has 4 atom stereocenters. The molecule has 66 valence electrons. The van der Waals surface area contributed by atoms with Gasteiger partial charge in [-0.1, -0.05) is 0 Å². The van der Waals surface area contributed by atoms with Crippen molar-refractivity contribution in [2.24, 2.45) is 0 Å². The Kier molecular flexibility index (Phi) is 2.78. The SMILES string of the molecule is OC[C@H]1OC(F)[C@@H](O)C[C@H]1O. The van der Waals surface area contributed by atoms with E-state index in [2.05, 4.69) is 4.74 Å². The highest BCUT2D eigenvalue weighted by molar-refractivity contribution is 4.79. The number of rotatable bonds is 1. The number of alkyl halides is 1. The Morgan fingerprint density at radius 2 is 2.00 bits per heavy atom. The van der Waals surface area contributed by atoms with Crippen molar-refractivity contribution in [3.05, 3.63) is 0 Å². The van der Waals surface area contributed by atoms with Gasteiger partial charge in [0.2, 0.25) is 6.36 Å². The van der Waals surface area contributed by atoms with Gasteiger partial charge < -0.3 is 20.1 Å². The van der Waals surface area contributed by atoms with Gasteiger partial charge in [-0.15, -0.1) is 0 Å². The van der Waals surface area contributed by atoms with Gasteiger partial charge in [-0.3, -0.25) is 0 Å². The molecule has 0 spiro atoms. The molecule has 1 unspecified atom stereocenters. The fourth-order valence-electron chi connectivity index (χ4n) is 1.02. The Morgan fingerprint density at radius 1 is 1.36 bits per heavy atom. The Labute approximate surface area is 63.2 Å². The molecular weight excluding hydrogens is 155 g/mol. The first kappa shape index (κ1) is 8.86. The van der Waals surface area contributed by atoms with Crippen molar-refractivity contribution in [2.75, 3.05) is 6.61 Å². The van der Waals surface area contributed by atoms with Crippen LogP contribution >= 0.6 is 0 Å². The maximum absolute atomic E-state index is 12.5. The van der Waals surface area contributed by atoms with Crippen molar-refractivity contribution in [3.63, 3.8) is 0 Å². The largest absolute Gasteiger partial charge is 0.394 e. The van der Waals surface area contributed by atoms with Crippen LogP contribution in [0.2, 0.25) is 0 Å². The lowest BCUT2D eigenvalue weighted by molar-refractivity contribution is -0.221. The van der Waals surface area contributed by atoms with E-state index in [1.165, 1.54) is 0 Å². The van der Waals surface area contributed by atoms with Crippen LogP contribution < -0.4 is 0 Å². The van der Waals surface area contributed by atoms with E-state index in [1.54, 1.807) is 0 Å². The quantitative estimate of drug-likeness (QED) is 0.457. The van der Waals surface area contributed by atoms with Gasteiger partial charge in [-0.2, -0.15) is 0 Å². The highest BCUT2D eigenvalue weighted by Gasteiger charge is 2.35. The van der Waals surface area contributed by atoms with E-state index in [0.29, 0.717) is 0 Å². The minimum Gasteiger partial charge on any atom is -0.394 e. The normalized spacial score (nSPS) is 45.8. The van der Waals surface area contributed by atoms with Crippen LogP contribution in [0, 0.1) is 0 Å². The van der Waals surface area contributed by atoms with Gasteiger partial charge >= 0.3 is 0 Å². The second-order valence-corrected chi connectivity index (χ2v) is 2.58. The lowest BCUT2D eigenvalue weighted by atomic mass is 10.0. The lowest BCUT2D eigenvalue weighted by Gasteiger charge is -2.32. The summed E-state index contributed by atoms with van der Waals surface area (Å²) in [6.07, 6.45) is -5.06. The molecule has 1 fully saturated rings. The number of aliphatic hydroxyl groups excluding tert-OH is 3. The van der Waals surface area contributed by atoms with Gasteiger partial charge in [-0.25, -0.2) is 4.39 Å². The van der Waals surface area contributed by atoms with E-state index in [-0.39, 0.29) is 6.42 Å². The van der Waals surface area contributed by atoms with Crippen LogP contribution in [0.5, 0.6) is 0 Å². The molecule has 1 rings (SSSR count). The van der Waals surface area contributed by atoms with Crippen molar-refractivity contribution in [1.82, 2.24) is 0 Å². The van der Waals surface area contributed by atoms with E-state index in [1.807, 2.05) is 0 Å². The first-order valence-corrected chi connectivity index (χ1v) is 3.41. The molecule has 0 aromatic carbocycles. The van der Waals surface area contributed by atoms with Crippen molar-refractivity contribution >= 4 is 0 Å². The van der Waals surface area contributed by atoms with Crippen molar-refractivity contribution in [3.8, 4) is 0 Å². The van der Waals surface area contributed by atoms with Gasteiger partial charge in [-0.05, 0) is 0 Å². The Morgan fingerprint density at radius 3 is 2.55 bits per heavy atom. The molecular formula is C6H11FO4. The van der Waals surface area contributed by atoms with E-state index < -0.39 is 31.3 Å². The topological polar surface area (TPSA) is 69.9 Å².